The molecule has 0 radical (unpaired) electrons. The molecule has 1 fully saturated rings. The largest absolute Gasteiger partial charge is 0.390 e. The Morgan fingerprint density at radius 1 is 1.60 bits per heavy atom. The van der Waals surface area contributed by atoms with Crippen LogP contribution in [0.25, 0.3) is 0 Å². The highest BCUT2D eigenvalue weighted by Crippen LogP contribution is 2.26. The van der Waals surface area contributed by atoms with Gasteiger partial charge in [-0.25, -0.2) is 0 Å². The minimum absolute atomic E-state index is 0.145. The van der Waals surface area contributed by atoms with Gasteiger partial charge in [0, 0.05) is 0 Å². The van der Waals surface area contributed by atoms with Crippen molar-refractivity contribution in [2.75, 3.05) is 0 Å². The van der Waals surface area contributed by atoms with Crippen LogP contribution in [0, 0.1) is 0 Å². The molecule has 2 heteroatoms. The van der Waals surface area contributed by atoms with Crippen LogP contribution in [0.15, 0.2) is 0 Å². The van der Waals surface area contributed by atoms with Gasteiger partial charge in [-0.15, -0.1) is 0 Å². The van der Waals surface area contributed by atoms with Crippen molar-refractivity contribution in [1.29, 1.82) is 0 Å². The van der Waals surface area contributed by atoms with Crippen LogP contribution >= 0.6 is 0 Å². The predicted molar refractivity (Wildman–Crippen MR) is 39.9 cm³/mol. The molecule has 1 aliphatic rings. The van der Waals surface area contributed by atoms with Gasteiger partial charge in [-0.1, -0.05) is 19.8 Å². The first-order chi connectivity index (χ1) is 4.75. The molecule has 1 saturated heterocycles. The molecular weight excluding hydrogens is 128 g/mol. The molecule has 0 aromatic carbocycles. The summed E-state index contributed by atoms with van der Waals surface area (Å²) in [6.45, 7) is 4.13. The maximum absolute atomic E-state index is 9.37. The summed E-state index contributed by atoms with van der Waals surface area (Å²) >= 11 is 0. The fourth-order valence-corrected chi connectivity index (χ4v) is 1.18. The summed E-state index contributed by atoms with van der Waals surface area (Å²) in [5.74, 6) is 0. The molecule has 0 amide bonds. The van der Waals surface area contributed by atoms with Crippen LogP contribution in [0.5, 0.6) is 0 Å². The Hall–Kier alpha value is -0.0800. The number of aliphatic hydroxyl groups excluding tert-OH is 1. The summed E-state index contributed by atoms with van der Waals surface area (Å²) in [5.41, 5.74) is 0. The van der Waals surface area contributed by atoms with Crippen molar-refractivity contribution < 1.29 is 9.84 Å². The zero-order chi connectivity index (χ0) is 7.56. The Labute approximate surface area is 62.2 Å². The molecule has 1 rings (SSSR count). The molecule has 0 aromatic rings. The second-order valence-corrected chi connectivity index (χ2v) is 3.02. The highest BCUT2D eigenvalue weighted by Gasteiger charge is 2.39. The minimum atomic E-state index is -0.213. The first kappa shape index (κ1) is 8.02. The van der Waals surface area contributed by atoms with Crippen molar-refractivity contribution in [3.8, 4) is 0 Å². The second-order valence-electron chi connectivity index (χ2n) is 3.02. The molecule has 0 saturated carbocycles. The number of unbranched alkanes of at least 4 members (excludes halogenated alkanes) is 1. The van der Waals surface area contributed by atoms with Gasteiger partial charge >= 0.3 is 0 Å². The van der Waals surface area contributed by atoms with Crippen molar-refractivity contribution in [2.24, 2.45) is 0 Å². The third-order valence-corrected chi connectivity index (χ3v) is 1.99. The fourth-order valence-electron chi connectivity index (χ4n) is 1.18. The first-order valence-corrected chi connectivity index (χ1v) is 4.09. The van der Waals surface area contributed by atoms with Crippen LogP contribution in [-0.4, -0.2) is 23.4 Å². The quantitative estimate of drug-likeness (QED) is 0.604. The summed E-state index contributed by atoms with van der Waals surface area (Å²) in [4.78, 5) is 0. The van der Waals surface area contributed by atoms with Gasteiger partial charge < -0.3 is 9.84 Å². The van der Waals surface area contributed by atoms with E-state index in [-0.39, 0.29) is 12.2 Å². The molecule has 10 heavy (non-hydrogen) atoms. The molecule has 0 bridgehead atoms. The second kappa shape index (κ2) is 3.35. The van der Waals surface area contributed by atoms with Crippen LogP contribution in [0.1, 0.15) is 33.1 Å². The summed E-state index contributed by atoms with van der Waals surface area (Å²) in [5, 5.41) is 9.37. The summed E-state index contributed by atoms with van der Waals surface area (Å²) in [6, 6.07) is 0. The van der Waals surface area contributed by atoms with Gasteiger partial charge in [0.1, 0.15) is 6.10 Å². The number of hydrogen-bond acceptors (Lipinski definition) is 2. The van der Waals surface area contributed by atoms with E-state index in [1.54, 1.807) is 0 Å². The van der Waals surface area contributed by atoms with Crippen molar-refractivity contribution >= 4 is 0 Å². The number of aliphatic hydroxyl groups is 1. The fraction of sp³-hybridized carbons (Fsp3) is 1.00. The lowest BCUT2D eigenvalue weighted by atomic mass is 10.1. The Kier molecular flexibility index (Phi) is 2.69. The Morgan fingerprint density at radius 2 is 2.20 bits per heavy atom. The number of rotatable bonds is 4. The normalized spacial score (nSPS) is 33.9. The monoisotopic (exact) mass is 144 g/mol. The van der Waals surface area contributed by atoms with Crippen LogP contribution in [0.2, 0.25) is 0 Å². The third-order valence-electron chi connectivity index (χ3n) is 1.99. The smallest absolute Gasteiger partial charge is 0.110 e. The summed E-state index contributed by atoms with van der Waals surface area (Å²) in [6.07, 6.45) is 3.38. The number of epoxide rings is 1. The van der Waals surface area contributed by atoms with Gasteiger partial charge in [0.25, 0.3) is 0 Å². The molecule has 0 aliphatic carbocycles. The van der Waals surface area contributed by atoms with Crippen molar-refractivity contribution in [2.45, 2.75) is 51.4 Å². The lowest BCUT2D eigenvalue weighted by molar-refractivity contribution is 0.124. The van der Waals surface area contributed by atoms with E-state index in [0.29, 0.717) is 6.10 Å². The maximum atomic E-state index is 9.37. The van der Waals surface area contributed by atoms with E-state index >= 15 is 0 Å². The highest BCUT2D eigenvalue weighted by atomic mass is 16.6. The van der Waals surface area contributed by atoms with Gasteiger partial charge in [-0.05, 0) is 13.3 Å². The molecule has 3 atom stereocenters. The predicted octanol–water partition coefficient (Wildman–Crippen LogP) is 1.32. The summed E-state index contributed by atoms with van der Waals surface area (Å²) in [7, 11) is 0. The SMILES string of the molecule is CCCCC(O)[C@@H]1O[C@H]1C. The van der Waals surface area contributed by atoms with Crippen molar-refractivity contribution in [1.82, 2.24) is 0 Å². The maximum Gasteiger partial charge on any atom is 0.110 e. The van der Waals surface area contributed by atoms with Gasteiger partial charge in [0.05, 0.1) is 12.2 Å². The molecule has 2 nitrogen and oxygen atoms in total. The van der Waals surface area contributed by atoms with E-state index in [9.17, 15) is 5.11 Å². The van der Waals surface area contributed by atoms with Gasteiger partial charge in [-0.2, -0.15) is 0 Å². The molecule has 0 aromatic heterocycles. The Morgan fingerprint density at radius 3 is 2.60 bits per heavy atom. The van der Waals surface area contributed by atoms with Crippen molar-refractivity contribution in [3.05, 3.63) is 0 Å². The van der Waals surface area contributed by atoms with E-state index in [1.807, 2.05) is 6.92 Å². The van der Waals surface area contributed by atoms with Crippen molar-refractivity contribution in [3.63, 3.8) is 0 Å². The first-order valence-electron chi connectivity index (χ1n) is 4.09. The zero-order valence-electron chi connectivity index (χ0n) is 6.71. The molecule has 60 valence electrons. The number of hydrogen-bond donors (Lipinski definition) is 1. The van der Waals surface area contributed by atoms with E-state index in [1.165, 1.54) is 0 Å². The molecule has 1 unspecified atom stereocenters. The lowest BCUT2D eigenvalue weighted by Crippen LogP contribution is -2.15. The van der Waals surface area contributed by atoms with Gasteiger partial charge in [0.15, 0.2) is 0 Å². The average molecular weight is 144 g/mol. The topological polar surface area (TPSA) is 32.8 Å². The van der Waals surface area contributed by atoms with E-state index in [0.717, 1.165) is 19.3 Å². The number of ether oxygens (including phenoxy) is 1. The van der Waals surface area contributed by atoms with Crippen LogP contribution < -0.4 is 0 Å². The van der Waals surface area contributed by atoms with Crippen LogP contribution in [0.4, 0.5) is 0 Å². The summed E-state index contributed by atoms with van der Waals surface area (Å²) < 4.78 is 5.13. The zero-order valence-corrected chi connectivity index (χ0v) is 6.71. The highest BCUT2D eigenvalue weighted by molar-refractivity contribution is 4.86. The lowest BCUT2D eigenvalue weighted by Gasteiger charge is -2.04. The minimum Gasteiger partial charge on any atom is -0.390 e. The van der Waals surface area contributed by atoms with E-state index in [4.69, 9.17) is 4.74 Å². The average Bonchev–Trinajstić information content (AvgIpc) is 2.62. The molecule has 1 N–H and O–H groups in total. The molecular formula is C8H16O2. The molecule has 1 heterocycles. The Balaban J connectivity index is 2.04. The van der Waals surface area contributed by atoms with Crippen LogP contribution in [0.3, 0.4) is 0 Å². The van der Waals surface area contributed by atoms with Crippen LogP contribution in [-0.2, 0) is 4.74 Å². The molecule has 0 spiro atoms. The third kappa shape index (κ3) is 1.96. The standard InChI is InChI=1S/C8H16O2/c1-3-4-5-7(9)8-6(2)10-8/h6-9H,3-5H2,1-2H3/t6-,7?,8+/m0/s1. The van der Waals surface area contributed by atoms with E-state index < -0.39 is 0 Å². The van der Waals surface area contributed by atoms with Gasteiger partial charge in [-0.3, -0.25) is 0 Å². The van der Waals surface area contributed by atoms with Gasteiger partial charge in [0.2, 0.25) is 0 Å². The molecule has 1 aliphatic heterocycles. The van der Waals surface area contributed by atoms with E-state index in [2.05, 4.69) is 6.92 Å². The Bertz CT molecular complexity index is 103.